The number of hydrogen-bond acceptors (Lipinski definition) is 4. The summed E-state index contributed by atoms with van der Waals surface area (Å²) in [6.07, 6.45) is 2.22. The van der Waals surface area contributed by atoms with Gasteiger partial charge in [-0.2, -0.15) is 0 Å². The van der Waals surface area contributed by atoms with Crippen LogP contribution in [0.15, 0.2) is 30.3 Å². The number of hydrogen-bond donors (Lipinski definition) is 4. The fourth-order valence-electron chi connectivity index (χ4n) is 6.68. The van der Waals surface area contributed by atoms with Gasteiger partial charge in [0.1, 0.15) is 11.2 Å². The lowest BCUT2D eigenvalue weighted by Crippen LogP contribution is -2.50. The molecule has 2 aliphatic heterocycles. The molecule has 2 amide bonds. The van der Waals surface area contributed by atoms with Gasteiger partial charge in [-0.05, 0) is 60.8 Å². The van der Waals surface area contributed by atoms with E-state index in [1.54, 1.807) is 6.07 Å². The normalized spacial score (nSPS) is 30.4. The average molecular weight is 564 g/mol. The van der Waals surface area contributed by atoms with Crippen molar-refractivity contribution >= 4 is 29.1 Å². The van der Waals surface area contributed by atoms with Crippen LogP contribution < -0.4 is 16.0 Å². The summed E-state index contributed by atoms with van der Waals surface area (Å²) in [6.45, 7) is 5.91. The van der Waals surface area contributed by atoms with E-state index in [1.807, 2.05) is 20.8 Å². The molecule has 1 saturated heterocycles. The lowest BCUT2D eigenvalue weighted by molar-refractivity contribution is -0.124. The van der Waals surface area contributed by atoms with E-state index in [0.717, 1.165) is 12.1 Å². The number of fused-ring (bicyclic) bond motifs is 2. The summed E-state index contributed by atoms with van der Waals surface area (Å²) in [5.41, 5.74) is -1.68. The molecule has 210 valence electrons. The van der Waals surface area contributed by atoms with Crippen LogP contribution in [0, 0.1) is 22.9 Å². The fraction of sp³-hybridized carbons (Fsp3) is 0.517. The molecule has 1 saturated carbocycles. The van der Waals surface area contributed by atoms with Crippen LogP contribution in [-0.2, 0) is 15.0 Å². The van der Waals surface area contributed by atoms with Crippen LogP contribution in [-0.4, -0.2) is 41.2 Å². The zero-order valence-electron chi connectivity index (χ0n) is 22.1. The van der Waals surface area contributed by atoms with Gasteiger partial charge < -0.3 is 21.1 Å². The van der Waals surface area contributed by atoms with Gasteiger partial charge in [-0.3, -0.25) is 9.59 Å². The van der Waals surface area contributed by atoms with Crippen molar-refractivity contribution in [3.8, 4) is 0 Å². The lowest BCUT2D eigenvalue weighted by atomic mass is 9.62. The topological polar surface area (TPSA) is 90.5 Å². The van der Waals surface area contributed by atoms with Crippen molar-refractivity contribution in [2.24, 2.45) is 5.41 Å². The van der Waals surface area contributed by atoms with Gasteiger partial charge in [-0.15, -0.1) is 0 Å². The molecule has 5 rings (SSSR count). The molecule has 4 atom stereocenters. The van der Waals surface area contributed by atoms with Crippen LogP contribution in [0.3, 0.4) is 0 Å². The van der Waals surface area contributed by atoms with Crippen molar-refractivity contribution in [3.63, 3.8) is 0 Å². The van der Waals surface area contributed by atoms with E-state index >= 15 is 4.39 Å². The van der Waals surface area contributed by atoms with E-state index in [1.165, 1.54) is 12.1 Å². The van der Waals surface area contributed by atoms with Crippen molar-refractivity contribution in [2.75, 3.05) is 5.32 Å². The van der Waals surface area contributed by atoms with E-state index in [0.29, 0.717) is 32.1 Å². The number of anilines is 1. The van der Waals surface area contributed by atoms with Crippen LogP contribution >= 0.6 is 11.6 Å². The minimum absolute atomic E-state index is 0.0401. The number of rotatable bonds is 4. The maximum Gasteiger partial charge on any atom is 0.238 e. The van der Waals surface area contributed by atoms with Crippen LogP contribution in [0.25, 0.3) is 0 Å². The van der Waals surface area contributed by atoms with Gasteiger partial charge in [-0.1, -0.05) is 44.5 Å². The van der Waals surface area contributed by atoms with E-state index in [4.69, 9.17) is 11.6 Å². The Morgan fingerprint density at radius 2 is 1.79 bits per heavy atom. The Bertz CT molecular complexity index is 1310. The van der Waals surface area contributed by atoms with Crippen LogP contribution in [0.2, 0.25) is 5.02 Å². The molecule has 6 nitrogen and oxygen atoms in total. The monoisotopic (exact) mass is 563 g/mol. The van der Waals surface area contributed by atoms with Crippen molar-refractivity contribution in [1.82, 2.24) is 10.6 Å². The summed E-state index contributed by atoms with van der Waals surface area (Å²) in [5.74, 6) is -5.15. The molecule has 0 aromatic heterocycles. The molecule has 2 aromatic carbocycles. The van der Waals surface area contributed by atoms with E-state index < -0.39 is 58.8 Å². The second-order valence-corrected chi connectivity index (χ2v) is 12.6. The first-order chi connectivity index (χ1) is 18.3. The van der Waals surface area contributed by atoms with Gasteiger partial charge >= 0.3 is 0 Å². The molecule has 3 aliphatic rings. The summed E-state index contributed by atoms with van der Waals surface area (Å²) >= 11 is 6.18. The standard InChI is InChI=1S/C29H33ClF3N3O3/c1-28(2,3)13-22-29(17-11-19(31)20(32)12-21(17)35-27(29)39)23(16-5-4-6-18(30)24(16)33)25(36-22)26(38)34-14-7-9-15(37)10-8-14/h4-6,11-12,14-15,22-23,25,36-37H,7-10,13H2,1-3H3,(H,34,38)(H,35,39)/t14-,15-,22-,23?,25-,29+/m1/s1. The quantitative estimate of drug-likeness (QED) is 0.425. The van der Waals surface area contributed by atoms with Gasteiger partial charge in [0.05, 0.1) is 17.2 Å². The third kappa shape index (κ3) is 4.83. The molecule has 2 heterocycles. The highest BCUT2D eigenvalue weighted by Gasteiger charge is 2.66. The number of nitrogens with one attached hydrogen (secondary N) is 3. The van der Waals surface area contributed by atoms with Crippen molar-refractivity contribution in [1.29, 1.82) is 0 Å². The molecule has 1 spiro atoms. The van der Waals surface area contributed by atoms with E-state index in [-0.39, 0.29) is 33.3 Å². The van der Waals surface area contributed by atoms with Crippen molar-refractivity contribution in [3.05, 3.63) is 63.9 Å². The predicted octanol–water partition coefficient (Wildman–Crippen LogP) is 4.93. The Morgan fingerprint density at radius 1 is 1.13 bits per heavy atom. The zero-order valence-corrected chi connectivity index (χ0v) is 22.8. The molecule has 1 aliphatic carbocycles. The Kier molecular flexibility index (Phi) is 7.23. The maximum atomic E-state index is 15.8. The van der Waals surface area contributed by atoms with Crippen LogP contribution in [0.1, 0.15) is 69.9 Å². The number of carbonyl (C=O) groups is 2. The molecular weight excluding hydrogens is 531 g/mol. The minimum atomic E-state index is -1.63. The number of aliphatic hydroxyl groups is 1. The molecule has 39 heavy (non-hydrogen) atoms. The summed E-state index contributed by atoms with van der Waals surface area (Å²) in [6, 6.07) is 4.32. The first-order valence-corrected chi connectivity index (χ1v) is 13.7. The highest BCUT2D eigenvalue weighted by Crippen LogP contribution is 2.57. The van der Waals surface area contributed by atoms with Gasteiger partial charge in [0.15, 0.2) is 11.6 Å². The molecule has 10 heteroatoms. The fourth-order valence-corrected chi connectivity index (χ4v) is 6.86. The van der Waals surface area contributed by atoms with Crippen molar-refractivity contribution < 1.29 is 27.9 Å². The summed E-state index contributed by atoms with van der Waals surface area (Å²) in [5, 5.41) is 18.8. The minimum Gasteiger partial charge on any atom is -0.393 e. The second-order valence-electron chi connectivity index (χ2n) is 12.2. The molecule has 2 fully saturated rings. The number of carbonyl (C=O) groups excluding carboxylic acids is 2. The second kappa shape index (κ2) is 10.1. The molecule has 0 bridgehead atoms. The highest BCUT2D eigenvalue weighted by atomic mass is 35.5. The maximum absolute atomic E-state index is 15.8. The third-order valence-electron chi connectivity index (χ3n) is 8.34. The Hall–Kier alpha value is -2.62. The van der Waals surface area contributed by atoms with Gasteiger partial charge in [-0.25, -0.2) is 13.2 Å². The molecule has 4 N–H and O–H groups in total. The summed E-state index contributed by atoms with van der Waals surface area (Å²) < 4.78 is 44.8. The molecular formula is C29H33ClF3N3O3. The predicted molar refractivity (Wildman–Crippen MR) is 142 cm³/mol. The SMILES string of the molecule is CC(C)(C)C[C@H]1N[C@@H](C(=O)N[C@H]2CC[C@H](O)CC2)C(c2cccc(Cl)c2F)[C@@]12C(=O)Nc1cc(F)c(F)cc12. The highest BCUT2D eigenvalue weighted by molar-refractivity contribution is 6.30. The molecule has 1 unspecified atom stereocenters. The van der Waals surface area contributed by atoms with Crippen molar-refractivity contribution in [2.45, 2.75) is 88.4 Å². The van der Waals surface area contributed by atoms with E-state index in [2.05, 4.69) is 16.0 Å². The number of aliphatic hydroxyl groups excluding tert-OH is 1. The Morgan fingerprint density at radius 3 is 2.46 bits per heavy atom. The largest absolute Gasteiger partial charge is 0.393 e. The molecule has 0 radical (unpaired) electrons. The Balaban J connectivity index is 1.69. The Labute approximate surface area is 230 Å². The summed E-state index contributed by atoms with van der Waals surface area (Å²) in [7, 11) is 0. The first kappa shape index (κ1) is 27.9. The number of amides is 2. The smallest absolute Gasteiger partial charge is 0.238 e. The first-order valence-electron chi connectivity index (χ1n) is 13.3. The zero-order chi connectivity index (χ0) is 28.3. The van der Waals surface area contributed by atoms with E-state index in [9.17, 15) is 23.5 Å². The number of benzene rings is 2. The average Bonchev–Trinajstić information content (AvgIpc) is 3.32. The van der Waals surface area contributed by atoms with Gasteiger partial charge in [0.25, 0.3) is 0 Å². The van der Waals surface area contributed by atoms with Gasteiger partial charge in [0.2, 0.25) is 11.8 Å². The van der Waals surface area contributed by atoms with Crippen LogP contribution in [0.5, 0.6) is 0 Å². The third-order valence-corrected chi connectivity index (χ3v) is 8.63. The lowest BCUT2D eigenvalue weighted by Gasteiger charge is -2.38. The van der Waals surface area contributed by atoms with Gasteiger partial charge in [0, 0.05) is 29.8 Å². The molecule has 2 aromatic rings. The van der Waals surface area contributed by atoms with Crippen LogP contribution in [0.4, 0.5) is 18.9 Å². The number of halogens is 4. The summed E-state index contributed by atoms with van der Waals surface area (Å²) in [4.78, 5) is 27.9.